The van der Waals surface area contributed by atoms with Crippen LogP contribution in [0.2, 0.25) is 0 Å². The van der Waals surface area contributed by atoms with Crippen molar-refractivity contribution in [2.24, 2.45) is 0 Å². The molecule has 0 amide bonds. The van der Waals surface area contributed by atoms with E-state index in [9.17, 15) is 4.79 Å². The summed E-state index contributed by atoms with van der Waals surface area (Å²) in [5.41, 5.74) is 0.252. The van der Waals surface area contributed by atoms with Crippen molar-refractivity contribution in [1.29, 1.82) is 5.26 Å². The zero-order chi connectivity index (χ0) is 10.8. The van der Waals surface area contributed by atoms with Gasteiger partial charge in [-0.3, -0.25) is 0 Å². The summed E-state index contributed by atoms with van der Waals surface area (Å²) in [6.45, 7) is 0. The first-order valence-corrected chi connectivity index (χ1v) is 4.25. The number of benzene rings is 1. The normalized spacial score (nSPS) is 9.80. The molecule has 0 saturated heterocycles. The van der Waals surface area contributed by atoms with Gasteiger partial charge in [-0.1, -0.05) is 12.1 Å². The molecule has 15 heavy (non-hydrogen) atoms. The van der Waals surface area contributed by atoms with Crippen LogP contribution in [-0.4, -0.2) is 16.1 Å². The number of hydrogen-bond donors (Lipinski definition) is 1. The van der Waals surface area contributed by atoms with Crippen molar-refractivity contribution in [2.45, 2.75) is 0 Å². The van der Waals surface area contributed by atoms with E-state index < -0.39 is 5.97 Å². The fraction of sp³-hybridized carbons (Fsp3) is 0. The van der Waals surface area contributed by atoms with Crippen molar-refractivity contribution in [1.82, 2.24) is 4.98 Å². The quantitative estimate of drug-likeness (QED) is 0.758. The smallest absolute Gasteiger partial charge is 0.336 e. The van der Waals surface area contributed by atoms with Crippen LogP contribution in [0.4, 0.5) is 0 Å². The summed E-state index contributed by atoms with van der Waals surface area (Å²) in [4.78, 5) is 14.8. The zero-order valence-electron chi connectivity index (χ0n) is 7.64. The number of carboxylic acid groups (broad SMARTS) is 1. The highest BCUT2D eigenvalue weighted by molar-refractivity contribution is 6.05. The van der Waals surface area contributed by atoms with Gasteiger partial charge in [0.2, 0.25) is 0 Å². The average molecular weight is 198 g/mol. The van der Waals surface area contributed by atoms with Crippen LogP contribution in [0.15, 0.2) is 30.5 Å². The molecule has 2 aromatic rings. The second-order valence-corrected chi connectivity index (χ2v) is 2.98. The number of nitrogens with zero attached hydrogens (tertiary/aromatic N) is 2. The molecule has 1 N–H and O–H groups in total. The number of aromatic nitrogens is 1. The van der Waals surface area contributed by atoms with Crippen molar-refractivity contribution >= 4 is 16.7 Å². The molecule has 1 aromatic heterocycles. The van der Waals surface area contributed by atoms with Crippen LogP contribution in [0, 0.1) is 11.3 Å². The summed E-state index contributed by atoms with van der Waals surface area (Å²) in [7, 11) is 0. The summed E-state index contributed by atoms with van der Waals surface area (Å²) < 4.78 is 0. The minimum atomic E-state index is -1.05. The van der Waals surface area contributed by atoms with E-state index in [4.69, 9.17) is 10.4 Å². The highest BCUT2D eigenvalue weighted by atomic mass is 16.4. The van der Waals surface area contributed by atoms with Gasteiger partial charge in [0.25, 0.3) is 0 Å². The van der Waals surface area contributed by atoms with E-state index in [0.29, 0.717) is 10.8 Å². The Kier molecular flexibility index (Phi) is 2.07. The second kappa shape index (κ2) is 3.39. The number of rotatable bonds is 1. The Morgan fingerprint density at radius 2 is 2.20 bits per heavy atom. The Labute approximate surface area is 85.4 Å². The molecular formula is C11H6N2O2. The first-order valence-electron chi connectivity index (χ1n) is 4.25. The van der Waals surface area contributed by atoms with Crippen LogP contribution < -0.4 is 0 Å². The molecule has 0 radical (unpaired) electrons. The number of aromatic carboxylic acids is 1. The maximum absolute atomic E-state index is 10.9. The van der Waals surface area contributed by atoms with Crippen molar-refractivity contribution < 1.29 is 9.90 Å². The third kappa shape index (κ3) is 1.40. The predicted molar refractivity (Wildman–Crippen MR) is 53.4 cm³/mol. The van der Waals surface area contributed by atoms with Gasteiger partial charge in [-0.25, -0.2) is 9.78 Å². The Hall–Kier alpha value is -2.41. The van der Waals surface area contributed by atoms with Gasteiger partial charge in [-0.15, -0.1) is 0 Å². The van der Waals surface area contributed by atoms with Gasteiger partial charge >= 0.3 is 5.97 Å². The molecular weight excluding hydrogens is 192 g/mol. The Morgan fingerprint density at radius 3 is 2.87 bits per heavy atom. The van der Waals surface area contributed by atoms with Gasteiger partial charge < -0.3 is 5.11 Å². The molecule has 0 aliphatic carbocycles. The van der Waals surface area contributed by atoms with E-state index in [1.165, 1.54) is 12.3 Å². The molecule has 0 bridgehead atoms. The lowest BCUT2D eigenvalue weighted by atomic mass is 10.0. The highest BCUT2D eigenvalue weighted by Gasteiger charge is 2.11. The minimum absolute atomic E-state index is 0.108. The second-order valence-electron chi connectivity index (χ2n) is 2.98. The summed E-state index contributed by atoms with van der Waals surface area (Å²) in [5, 5.41) is 18.9. The lowest BCUT2D eigenvalue weighted by Crippen LogP contribution is -1.99. The Morgan fingerprint density at radius 1 is 1.40 bits per heavy atom. The molecule has 2 rings (SSSR count). The first kappa shape index (κ1) is 9.16. The molecule has 1 aromatic carbocycles. The van der Waals surface area contributed by atoms with Crippen LogP contribution in [0.25, 0.3) is 10.8 Å². The SMILES string of the molecule is N#Cc1nccc2cccc(C(=O)O)c12. The molecule has 0 fully saturated rings. The number of pyridine rings is 1. The molecule has 72 valence electrons. The monoisotopic (exact) mass is 198 g/mol. The van der Waals surface area contributed by atoms with E-state index in [2.05, 4.69) is 4.98 Å². The Balaban J connectivity index is 2.95. The number of nitriles is 1. The van der Waals surface area contributed by atoms with Crippen LogP contribution in [0.3, 0.4) is 0 Å². The Bertz CT molecular complexity index is 579. The van der Waals surface area contributed by atoms with Crippen molar-refractivity contribution in [3.63, 3.8) is 0 Å². The minimum Gasteiger partial charge on any atom is -0.478 e. The maximum Gasteiger partial charge on any atom is 0.336 e. The predicted octanol–water partition coefficient (Wildman–Crippen LogP) is 1.80. The third-order valence-corrected chi connectivity index (χ3v) is 2.13. The lowest BCUT2D eigenvalue weighted by Gasteiger charge is -2.02. The largest absolute Gasteiger partial charge is 0.478 e. The van der Waals surface area contributed by atoms with Crippen molar-refractivity contribution in [3.05, 3.63) is 41.7 Å². The molecule has 0 atom stereocenters. The number of hydrogen-bond acceptors (Lipinski definition) is 3. The average Bonchev–Trinajstić information content (AvgIpc) is 2.27. The fourth-order valence-electron chi connectivity index (χ4n) is 1.49. The van der Waals surface area contributed by atoms with E-state index in [1.54, 1.807) is 18.2 Å². The van der Waals surface area contributed by atoms with Crippen molar-refractivity contribution in [3.8, 4) is 6.07 Å². The van der Waals surface area contributed by atoms with Gasteiger partial charge in [0.15, 0.2) is 0 Å². The number of carbonyl (C=O) groups is 1. The summed E-state index contributed by atoms with van der Waals surface area (Å²) in [5.74, 6) is -1.05. The van der Waals surface area contributed by atoms with Gasteiger partial charge in [0, 0.05) is 11.6 Å². The van der Waals surface area contributed by atoms with E-state index in [0.717, 1.165) is 0 Å². The van der Waals surface area contributed by atoms with Crippen molar-refractivity contribution in [2.75, 3.05) is 0 Å². The molecule has 0 saturated carbocycles. The van der Waals surface area contributed by atoms with Gasteiger partial charge in [0.1, 0.15) is 11.8 Å². The standard InChI is InChI=1S/C11H6N2O2/c12-6-9-10-7(4-5-13-9)2-1-3-8(10)11(14)15/h1-5H,(H,14,15). The van der Waals surface area contributed by atoms with E-state index >= 15 is 0 Å². The summed E-state index contributed by atoms with van der Waals surface area (Å²) in [6, 6.07) is 8.44. The first-order chi connectivity index (χ1) is 7.24. The number of carboxylic acids is 1. The molecule has 0 spiro atoms. The topological polar surface area (TPSA) is 74.0 Å². The van der Waals surface area contributed by atoms with Gasteiger partial charge in [-0.2, -0.15) is 5.26 Å². The molecule has 0 aliphatic rings. The van der Waals surface area contributed by atoms with Gasteiger partial charge in [-0.05, 0) is 17.5 Å². The van der Waals surface area contributed by atoms with Crippen LogP contribution in [-0.2, 0) is 0 Å². The summed E-state index contributed by atoms with van der Waals surface area (Å²) in [6.07, 6.45) is 1.49. The summed E-state index contributed by atoms with van der Waals surface area (Å²) >= 11 is 0. The highest BCUT2D eigenvalue weighted by Crippen LogP contribution is 2.20. The van der Waals surface area contributed by atoms with Crippen LogP contribution in [0.5, 0.6) is 0 Å². The zero-order valence-corrected chi connectivity index (χ0v) is 7.64. The molecule has 0 unspecified atom stereocenters. The maximum atomic E-state index is 10.9. The lowest BCUT2D eigenvalue weighted by molar-refractivity contribution is 0.0699. The number of fused-ring (bicyclic) bond motifs is 1. The molecule has 4 nitrogen and oxygen atoms in total. The van der Waals surface area contributed by atoms with Gasteiger partial charge in [0.05, 0.1) is 5.56 Å². The fourth-order valence-corrected chi connectivity index (χ4v) is 1.49. The third-order valence-electron chi connectivity index (χ3n) is 2.13. The molecule has 1 heterocycles. The van der Waals surface area contributed by atoms with E-state index in [1.807, 2.05) is 6.07 Å². The van der Waals surface area contributed by atoms with E-state index in [-0.39, 0.29) is 11.3 Å². The molecule has 4 heteroatoms. The van der Waals surface area contributed by atoms with Crippen LogP contribution in [0.1, 0.15) is 16.1 Å². The molecule has 0 aliphatic heterocycles. The van der Waals surface area contributed by atoms with Crippen LogP contribution >= 0.6 is 0 Å².